The first-order chi connectivity index (χ1) is 7.69. The molecule has 0 unspecified atom stereocenters. The molecule has 84 valence electrons. The van der Waals surface area contributed by atoms with Crippen molar-refractivity contribution in [3.05, 3.63) is 29.6 Å². The quantitative estimate of drug-likeness (QED) is 0.873. The van der Waals surface area contributed by atoms with Crippen molar-refractivity contribution in [1.82, 2.24) is 0 Å². The predicted molar refractivity (Wildman–Crippen MR) is 65.1 cm³/mol. The van der Waals surface area contributed by atoms with Crippen LogP contribution in [0, 0.1) is 17.1 Å². The molecule has 4 heteroatoms. The molecule has 1 saturated carbocycles. The summed E-state index contributed by atoms with van der Waals surface area (Å²) in [5, 5.41) is 11.7. The van der Waals surface area contributed by atoms with Gasteiger partial charge >= 0.3 is 0 Å². The van der Waals surface area contributed by atoms with Crippen LogP contribution in [0.15, 0.2) is 18.2 Å². The van der Waals surface area contributed by atoms with Gasteiger partial charge in [-0.1, -0.05) is 0 Å². The van der Waals surface area contributed by atoms with E-state index in [1.807, 2.05) is 17.8 Å². The molecule has 0 saturated heterocycles. The van der Waals surface area contributed by atoms with Crippen molar-refractivity contribution in [1.29, 1.82) is 5.26 Å². The van der Waals surface area contributed by atoms with Crippen LogP contribution in [0.25, 0.3) is 0 Å². The molecule has 0 aromatic heterocycles. The Balaban J connectivity index is 2.02. The Labute approximate surface area is 98.8 Å². The zero-order chi connectivity index (χ0) is 11.6. The lowest BCUT2D eigenvalue weighted by atomic mass is 10.2. The van der Waals surface area contributed by atoms with E-state index in [4.69, 9.17) is 5.26 Å². The number of nitriles is 1. The topological polar surface area (TPSA) is 35.8 Å². The molecule has 1 aromatic carbocycles. The Hall–Kier alpha value is -1.21. The molecule has 0 aliphatic heterocycles. The highest BCUT2D eigenvalue weighted by Crippen LogP contribution is 2.47. The van der Waals surface area contributed by atoms with Gasteiger partial charge in [0.1, 0.15) is 5.82 Å². The summed E-state index contributed by atoms with van der Waals surface area (Å²) in [5.41, 5.74) is 0.841. The third kappa shape index (κ3) is 2.30. The Bertz CT molecular complexity index is 435. The second-order valence-electron chi connectivity index (χ2n) is 4.05. The summed E-state index contributed by atoms with van der Waals surface area (Å²) in [5.74, 6) is -0.351. The highest BCUT2D eigenvalue weighted by atomic mass is 32.2. The highest BCUT2D eigenvalue weighted by molar-refractivity contribution is 8.00. The van der Waals surface area contributed by atoms with Crippen molar-refractivity contribution in [2.24, 2.45) is 0 Å². The van der Waals surface area contributed by atoms with Crippen LogP contribution < -0.4 is 5.32 Å². The summed E-state index contributed by atoms with van der Waals surface area (Å²) in [6, 6.07) is 6.44. The fraction of sp³-hybridized carbons (Fsp3) is 0.417. The van der Waals surface area contributed by atoms with Crippen molar-refractivity contribution < 1.29 is 4.39 Å². The molecule has 0 spiro atoms. The van der Waals surface area contributed by atoms with Crippen LogP contribution in [0.5, 0.6) is 0 Å². The van der Waals surface area contributed by atoms with Gasteiger partial charge in [-0.05, 0) is 37.3 Å². The van der Waals surface area contributed by atoms with Crippen molar-refractivity contribution in [2.45, 2.75) is 17.6 Å². The molecule has 1 fully saturated rings. The van der Waals surface area contributed by atoms with Gasteiger partial charge in [-0.3, -0.25) is 0 Å². The van der Waals surface area contributed by atoms with Crippen molar-refractivity contribution in [2.75, 3.05) is 18.1 Å². The van der Waals surface area contributed by atoms with Gasteiger partial charge in [-0.2, -0.15) is 17.0 Å². The van der Waals surface area contributed by atoms with E-state index in [2.05, 4.69) is 11.6 Å². The third-order valence-electron chi connectivity index (χ3n) is 2.94. The fourth-order valence-corrected chi connectivity index (χ4v) is 2.30. The zero-order valence-electron chi connectivity index (χ0n) is 9.09. The zero-order valence-corrected chi connectivity index (χ0v) is 9.90. The van der Waals surface area contributed by atoms with Crippen molar-refractivity contribution in [3.8, 4) is 6.07 Å². The summed E-state index contributed by atoms with van der Waals surface area (Å²) < 4.78 is 13.8. The number of nitrogens with zero attached hydrogens (tertiary/aromatic N) is 1. The summed E-state index contributed by atoms with van der Waals surface area (Å²) in [7, 11) is 0. The van der Waals surface area contributed by atoms with Crippen LogP contribution in [0.2, 0.25) is 0 Å². The van der Waals surface area contributed by atoms with Gasteiger partial charge in [-0.25, -0.2) is 4.39 Å². The van der Waals surface area contributed by atoms with Crippen LogP contribution in [0.3, 0.4) is 0 Å². The minimum absolute atomic E-state index is 0.306. The first-order valence-corrected chi connectivity index (χ1v) is 6.40. The molecule has 1 aliphatic carbocycles. The van der Waals surface area contributed by atoms with E-state index in [-0.39, 0.29) is 5.82 Å². The summed E-state index contributed by atoms with van der Waals surface area (Å²) in [6.45, 7) is 0.789. The van der Waals surface area contributed by atoms with Crippen LogP contribution in [-0.2, 0) is 0 Å². The van der Waals surface area contributed by atoms with Gasteiger partial charge in [0.2, 0.25) is 0 Å². The average molecular weight is 236 g/mol. The summed E-state index contributed by atoms with van der Waals surface area (Å²) >= 11 is 1.83. The lowest BCUT2D eigenvalue weighted by molar-refractivity contribution is 0.629. The maximum atomic E-state index is 13.5. The molecule has 0 atom stereocenters. The molecule has 0 bridgehead atoms. The molecule has 0 amide bonds. The van der Waals surface area contributed by atoms with E-state index < -0.39 is 0 Å². The first-order valence-electron chi connectivity index (χ1n) is 5.18. The molecule has 0 heterocycles. The van der Waals surface area contributed by atoms with Gasteiger partial charge in [0, 0.05) is 11.3 Å². The molecule has 1 aliphatic rings. The number of rotatable bonds is 4. The van der Waals surface area contributed by atoms with Crippen LogP contribution >= 0.6 is 11.8 Å². The molecular weight excluding hydrogens is 223 g/mol. The van der Waals surface area contributed by atoms with Crippen LogP contribution in [0.4, 0.5) is 10.1 Å². The van der Waals surface area contributed by atoms with Gasteiger partial charge in [0.05, 0.1) is 17.3 Å². The van der Waals surface area contributed by atoms with Gasteiger partial charge in [0.25, 0.3) is 0 Å². The SMILES string of the molecule is CSC1(CNc2ccc(C#N)cc2F)CC1. The second-order valence-corrected chi connectivity index (χ2v) is 5.32. The minimum atomic E-state index is -0.351. The van der Waals surface area contributed by atoms with E-state index in [9.17, 15) is 4.39 Å². The van der Waals surface area contributed by atoms with E-state index in [1.54, 1.807) is 12.1 Å². The lowest BCUT2D eigenvalue weighted by Gasteiger charge is -2.14. The second kappa shape index (κ2) is 4.34. The van der Waals surface area contributed by atoms with E-state index in [0.717, 1.165) is 6.54 Å². The highest BCUT2D eigenvalue weighted by Gasteiger charge is 2.41. The Morgan fingerprint density at radius 1 is 1.56 bits per heavy atom. The lowest BCUT2D eigenvalue weighted by Crippen LogP contribution is -2.18. The molecule has 2 rings (SSSR count). The van der Waals surface area contributed by atoms with Crippen molar-refractivity contribution in [3.63, 3.8) is 0 Å². The number of nitrogens with one attached hydrogen (secondary N) is 1. The first kappa shape index (κ1) is 11.3. The maximum Gasteiger partial charge on any atom is 0.147 e. The van der Waals surface area contributed by atoms with E-state index in [0.29, 0.717) is 16.0 Å². The van der Waals surface area contributed by atoms with Crippen LogP contribution in [0.1, 0.15) is 18.4 Å². The van der Waals surface area contributed by atoms with Gasteiger partial charge < -0.3 is 5.32 Å². The summed E-state index contributed by atoms with van der Waals surface area (Å²) in [6.07, 6.45) is 4.47. The Kier molecular flexibility index (Phi) is 3.06. The number of halogens is 1. The normalized spacial score (nSPS) is 16.6. The van der Waals surface area contributed by atoms with Gasteiger partial charge in [-0.15, -0.1) is 0 Å². The predicted octanol–water partition coefficient (Wildman–Crippen LogP) is 3.00. The maximum absolute atomic E-state index is 13.5. The number of hydrogen-bond donors (Lipinski definition) is 1. The molecule has 0 radical (unpaired) electrons. The fourth-order valence-electron chi connectivity index (χ4n) is 1.58. The largest absolute Gasteiger partial charge is 0.381 e. The standard InChI is InChI=1S/C12H13FN2S/c1-16-12(4-5-12)8-15-11-3-2-9(7-14)6-10(11)13/h2-3,6,15H,4-5,8H2,1H3. The summed E-state index contributed by atoms with van der Waals surface area (Å²) in [4.78, 5) is 0. The van der Waals surface area contributed by atoms with Crippen molar-refractivity contribution >= 4 is 17.4 Å². The van der Waals surface area contributed by atoms with E-state index in [1.165, 1.54) is 18.9 Å². The number of thioether (sulfide) groups is 1. The molecule has 2 nitrogen and oxygen atoms in total. The van der Waals surface area contributed by atoms with Gasteiger partial charge in [0.15, 0.2) is 0 Å². The number of benzene rings is 1. The Morgan fingerprint density at radius 2 is 2.31 bits per heavy atom. The van der Waals surface area contributed by atoms with Crippen LogP contribution in [-0.4, -0.2) is 17.5 Å². The third-order valence-corrected chi connectivity index (χ3v) is 4.36. The monoisotopic (exact) mass is 236 g/mol. The molecular formula is C12H13FN2S. The number of hydrogen-bond acceptors (Lipinski definition) is 3. The Morgan fingerprint density at radius 3 is 2.81 bits per heavy atom. The smallest absolute Gasteiger partial charge is 0.147 e. The average Bonchev–Trinajstić information content (AvgIpc) is 3.08. The molecule has 1 aromatic rings. The molecule has 16 heavy (non-hydrogen) atoms. The van der Waals surface area contributed by atoms with E-state index >= 15 is 0 Å². The number of anilines is 1. The molecule has 1 N–H and O–H groups in total. The minimum Gasteiger partial charge on any atom is -0.381 e.